The molecule has 0 aromatic carbocycles. The van der Waals surface area contributed by atoms with Gasteiger partial charge in [-0.15, -0.1) is 0 Å². The minimum Gasteiger partial charge on any atom is -1.00 e. The van der Waals surface area contributed by atoms with E-state index in [1.807, 2.05) is 0 Å². The highest BCUT2D eigenvalue weighted by atomic mass is 35.5. The molecule has 0 saturated heterocycles. The molecular weight excluding hydrogens is 230 g/mol. The molecule has 16 heavy (non-hydrogen) atoms. The van der Waals surface area contributed by atoms with E-state index in [1.54, 1.807) is 24.5 Å². The van der Waals surface area contributed by atoms with Crippen molar-refractivity contribution in [3.05, 3.63) is 30.1 Å². The molecular formula is C10H15ClN3O2-. The van der Waals surface area contributed by atoms with E-state index >= 15 is 0 Å². The Bertz CT molecular complexity index is 295. The fourth-order valence-electron chi connectivity index (χ4n) is 1.07. The molecule has 0 spiro atoms. The van der Waals surface area contributed by atoms with Gasteiger partial charge in [-0.1, -0.05) is 0 Å². The van der Waals surface area contributed by atoms with Gasteiger partial charge in [0.25, 0.3) is 5.91 Å². The maximum Gasteiger partial charge on any atom is 0.251 e. The molecule has 1 aromatic rings. The van der Waals surface area contributed by atoms with E-state index in [9.17, 15) is 4.79 Å². The summed E-state index contributed by atoms with van der Waals surface area (Å²) < 4.78 is 0. The molecule has 0 atom stereocenters. The van der Waals surface area contributed by atoms with Gasteiger partial charge in [-0.25, -0.2) is 0 Å². The Morgan fingerprint density at radius 2 is 1.94 bits per heavy atom. The first-order valence-electron chi connectivity index (χ1n) is 4.84. The standard InChI is InChI=1S/C10H15N3O2.ClH/c14-8-7-12-5-6-13-10(15)9-1-3-11-4-2-9;/h1-4,12,14H,5-8H2,(H,13,15);1H/p-1. The van der Waals surface area contributed by atoms with Gasteiger partial charge in [0.15, 0.2) is 0 Å². The van der Waals surface area contributed by atoms with E-state index < -0.39 is 0 Å². The average Bonchev–Trinajstić information content (AvgIpc) is 2.30. The van der Waals surface area contributed by atoms with Crippen LogP contribution in [0.15, 0.2) is 24.5 Å². The van der Waals surface area contributed by atoms with Crippen molar-refractivity contribution >= 4 is 5.91 Å². The number of halogens is 1. The summed E-state index contributed by atoms with van der Waals surface area (Å²) in [6.45, 7) is 1.85. The van der Waals surface area contributed by atoms with Gasteiger partial charge in [0.05, 0.1) is 6.61 Å². The van der Waals surface area contributed by atoms with Crippen molar-refractivity contribution in [1.29, 1.82) is 0 Å². The molecule has 90 valence electrons. The predicted octanol–water partition coefficient (Wildman–Crippen LogP) is -3.60. The van der Waals surface area contributed by atoms with Gasteiger partial charge in [0.2, 0.25) is 0 Å². The van der Waals surface area contributed by atoms with E-state index in [4.69, 9.17) is 5.11 Å². The minimum atomic E-state index is -0.108. The molecule has 0 fully saturated rings. The fourth-order valence-corrected chi connectivity index (χ4v) is 1.07. The van der Waals surface area contributed by atoms with Crippen LogP contribution in [-0.2, 0) is 0 Å². The van der Waals surface area contributed by atoms with E-state index in [0.717, 1.165) is 0 Å². The molecule has 0 radical (unpaired) electrons. The van der Waals surface area contributed by atoms with Gasteiger partial charge in [0.1, 0.15) is 0 Å². The van der Waals surface area contributed by atoms with E-state index in [2.05, 4.69) is 15.6 Å². The third kappa shape index (κ3) is 5.65. The summed E-state index contributed by atoms with van der Waals surface area (Å²) >= 11 is 0. The molecule has 0 aliphatic rings. The highest BCUT2D eigenvalue weighted by molar-refractivity contribution is 5.93. The summed E-state index contributed by atoms with van der Waals surface area (Å²) in [6, 6.07) is 3.33. The zero-order valence-corrected chi connectivity index (χ0v) is 9.57. The number of amides is 1. The second kappa shape index (κ2) is 9.08. The zero-order chi connectivity index (χ0) is 10.9. The van der Waals surface area contributed by atoms with Crippen LogP contribution in [0.1, 0.15) is 10.4 Å². The molecule has 1 heterocycles. The van der Waals surface area contributed by atoms with Crippen LogP contribution in [0, 0.1) is 0 Å². The Balaban J connectivity index is 0.00000225. The molecule has 3 N–H and O–H groups in total. The summed E-state index contributed by atoms with van der Waals surface area (Å²) in [5.41, 5.74) is 0.604. The number of aromatic nitrogens is 1. The minimum absolute atomic E-state index is 0. The van der Waals surface area contributed by atoms with E-state index in [1.165, 1.54) is 0 Å². The number of rotatable bonds is 6. The van der Waals surface area contributed by atoms with Crippen LogP contribution < -0.4 is 23.0 Å². The van der Waals surface area contributed by atoms with Crippen LogP contribution in [0.5, 0.6) is 0 Å². The number of hydrogen-bond acceptors (Lipinski definition) is 4. The van der Waals surface area contributed by atoms with Crippen molar-refractivity contribution in [2.45, 2.75) is 0 Å². The highest BCUT2D eigenvalue weighted by Crippen LogP contribution is 1.94. The first kappa shape index (κ1) is 14.8. The maximum atomic E-state index is 11.5. The number of carbonyl (C=O) groups excluding carboxylic acids is 1. The Labute approximate surface area is 101 Å². The average molecular weight is 245 g/mol. The quantitative estimate of drug-likeness (QED) is 0.452. The molecule has 5 nitrogen and oxygen atoms in total. The van der Waals surface area contributed by atoms with Gasteiger partial charge in [-0.3, -0.25) is 9.78 Å². The van der Waals surface area contributed by atoms with Crippen LogP contribution in [0.4, 0.5) is 0 Å². The Morgan fingerprint density at radius 1 is 1.25 bits per heavy atom. The Hall–Kier alpha value is -1.17. The smallest absolute Gasteiger partial charge is 0.251 e. The molecule has 6 heteroatoms. The molecule has 1 aromatic heterocycles. The topological polar surface area (TPSA) is 74.2 Å². The fraction of sp³-hybridized carbons (Fsp3) is 0.400. The molecule has 0 unspecified atom stereocenters. The monoisotopic (exact) mass is 244 g/mol. The first-order valence-corrected chi connectivity index (χ1v) is 4.84. The lowest BCUT2D eigenvalue weighted by molar-refractivity contribution is -0.0000126. The largest absolute Gasteiger partial charge is 1.00 e. The summed E-state index contributed by atoms with van der Waals surface area (Å²) in [4.78, 5) is 15.3. The van der Waals surface area contributed by atoms with Crippen molar-refractivity contribution in [2.75, 3.05) is 26.2 Å². The number of aliphatic hydroxyl groups excluding tert-OH is 1. The summed E-state index contributed by atoms with van der Waals surface area (Å²) in [6.07, 6.45) is 3.16. The van der Waals surface area contributed by atoms with Crippen LogP contribution in [0.25, 0.3) is 0 Å². The number of hydrogen-bond donors (Lipinski definition) is 3. The highest BCUT2D eigenvalue weighted by Gasteiger charge is 2.02. The van der Waals surface area contributed by atoms with Crippen LogP contribution in [-0.4, -0.2) is 42.2 Å². The molecule has 0 bridgehead atoms. The van der Waals surface area contributed by atoms with Crippen molar-refractivity contribution < 1.29 is 22.3 Å². The number of nitrogens with one attached hydrogen (secondary N) is 2. The number of nitrogens with zero attached hydrogens (tertiary/aromatic N) is 1. The van der Waals surface area contributed by atoms with Crippen molar-refractivity contribution in [2.24, 2.45) is 0 Å². The van der Waals surface area contributed by atoms with Crippen molar-refractivity contribution in [1.82, 2.24) is 15.6 Å². The molecule has 1 rings (SSSR count). The molecule has 0 aliphatic heterocycles. The first-order chi connectivity index (χ1) is 7.34. The zero-order valence-electron chi connectivity index (χ0n) is 8.82. The third-order valence-corrected chi connectivity index (χ3v) is 1.82. The van der Waals surface area contributed by atoms with E-state index in [0.29, 0.717) is 25.2 Å². The van der Waals surface area contributed by atoms with Crippen LogP contribution in [0.2, 0.25) is 0 Å². The summed E-state index contributed by atoms with van der Waals surface area (Å²) in [5.74, 6) is -0.108. The Kier molecular flexibility index (Phi) is 8.42. The maximum absolute atomic E-state index is 11.5. The number of aliphatic hydroxyl groups is 1. The Morgan fingerprint density at radius 3 is 2.56 bits per heavy atom. The summed E-state index contributed by atoms with van der Waals surface area (Å²) in [5, 5.41) is 14.2. The lowest BCUT2D eigenvalue weighted by Gasteiger charge is -2.05. The SMILES string of the molecule is O=C(NCCNCCO)c1ccncc1.[Cl-]. The molecule has 0 aliphatic carbocycles. The van der Waals surface area contributed by atoms with Crippen LogP contribution >= 0.6 is 0 Å². The van der Waals surface area contributed by atoms with Gasteiger partial charge in [0, 0.05) is 37.6 Å². The molecule has 1 amide bonds. The number of pyridine rings is 1. The van der Waals surface area contributed by atoms with E-state index in [-0.39, 0.29) is 24.9 Å². The predicted molar refractivity (Wildman–Crippen MR) is 56.5 cm³/mol. The third-order valence-electron chi connectivity index (χ3n) is 1.82. The number of carbonyl (C=O) groups is 1. The second-order valence-electron chi connectivity index (χ2n) is 2.97. The lowest BCUT2D eigenvalue weighted by atomic mass is 10.2. The van der Waals surface area contributed by atoms with Gasteiger partial charge < -0.3 is 28.1 Å². The lowest BCUT2D eigenvalue weighted by Crippen LogP contribution is -3.00. The second-order valence-corrected chi connectivity index (χ2v) is 2.97. The van der Waals surface area contributed by atoms with Crippen LogP contribution in [0.3, 0.4) is 0 Å². The summed E-state index contributed by atoms with van der Waals surface area (Å²) in [7, 11) is 0. The van der Waals surface area contributed by atoms with Gasteiger partial charge >= 0.3 is 0 Å². The molecule has 0 saturated carbocycles. The normalized spacial score (nSPS) is 9.31. The van der Waals surface area contributed by atoms with Crippen molar-refractivity contribution in [3.8, 4) is 0 Å². The van der Waals surface area contributed by atoms with Gasteiger partial charge in [-0.2, -0.15) is 0 Å². The van der Waals surface area contributed by atoms with Gasteiger partial charge in [-0.05, 0) is 12.1 Å². The van der Waals surface area contributed by atoms with Crippen molar-refractivity contribution in [3.63, 3.8) is 0 Å².